The minimum atomic E-state index is -0.639. The lowest BCUT2D eigenvalue weighted by atomic mass is 10.3. The van der Waals surface area contributed by atoms with Gasteiger partial charge in [-0.2, -0.15) is 0 Å². The van der Waals surface area contributed by atoms with E-state index in [9.17, 15) is 5.11 Å². The number of methoxy groups -OCH3 is 1. The average molecular weight is 142 g/mol. The first kappa shape index (κ1) is 7.31. The van der Waals surface area contributed by atoms with Crippen LogP contribution in [-0.4, -0.2) is 18.8 Å². The molecule has 1 aromatic rings. The molecule has 0 spiro atoms. The molecule has 1 heterocycles. The van der Waals surface area contributed by atoms with Crippen LogP contribution in [0.15, 0.2) is 22.8 Å². The molecule has 0 amide bonds. The van der Waals surface area contributed by atoms with E-state index >= 15 is 0 Å². The van der Waals surface area contributed by atoms with E-state index in [4.69, 9.17) is 9.15 Å². The zero-order chi connectivity index (χ0) is 7.40. The van der Waals surface area contributed by atoms with Crippen LogP contribution in [0.1, 0.15) is 11.9 Å². The Hall–Kier alpha value is -0.800. The van der Waals surface area contributed by atoms with E-state index in [-0.39, 0.29) is 6.61 Å². The van der Waals surface area contributed by atoms with Crippen LogP contribution in [-0.2, 0) is 4.74 Å². The first-order valence-corrected chi connectivity index (χ1v) is 3.05. The van der Waals surface area contributed by atoms with Gasteiger partial charge < -0.3 is 14.3 Å². The number of aliphatic hydroxyl groups excluding tert-OH is 1. The third kappa shape index (κ3) is 1.59. The van der Waals surface area contributed by atoms with Gasteiger partial charge in [-0.25, -0.2) is 0 Å². The van der Waals surface area contributed by atoms with Gasteiger partial charge in [0.2, 0.25) is 0 Å². The number of furan rings is 1. The Labute approximate surface area is 59.2 Å². The molecular weight excluding hydrogens is 132 g/mol. The molecular formula is C7H10O3. The molecule has 1 N–H and O–H groups in total. The van der Waals surface area contributed by atoms with Crippen LogP contribution < -0.4 is 0 Å². The molecule has 3 heteroatoms. The Morgan fingerprint density at radius 2 is 2.60 bits per heavy atom. The average Bonchev–Trinajstić information content (AvgIpc) is 2.38. The molecule has 0 aliphatic heterocycles. The van der Waals surface area contributed by atoms with Crippen molar-refractivity contribution >= 4 is 0 Å². The monoisotopic (exact) mass is 142 g/mol. The van der Waals surface area contributed by atoms with Crippen LogP contribution in [0.5, 0.6) is 0 Å². The van der Waals surface area contributed by atoms with Crippen LogP contribution in [0.3, 0.4) is 0 Å². The maximum absolute atomic E-state index is 9.19. The molecule has 0 fully saturated rings. The summed E-state index contributed by atoms with van der Waals surface area (Å²) in [5.74, 6) is 0.543. The summed E-state index contributed by atoms with van der Waals surface area (Å²) >= 11 is 0. The van der Waals surface area contributed by atoms with Crippen molar-refractivity contribution in [3.8, 4) is 0 Å². The summed E-state index contributed by atoms with van der Waals surface area (Å²) in [4.78, 5) is 0. The lowest BCUT2D eigenvalue weighted by molar-refractivity contribution is 0.0503. The predicted octanol–water partition coefficient (Wildman–Crippen LogP) is 0.959. The van der Waals surface area contributed by atoms with Crippen molar-refractivity contribution in [3.05, 3.63) is 24.2 Å². The molecule has 0 radical (unpaired) electrons. The quantitative estimate of drug-likeness (QED) is 0.683. The van der Waals surface area contributed by atoms with E-state index in [0.717, 1.165) is 0 Å². The highest BCUT2D eigenvalue weighted by atomic mass is 16.5. The summed E-state index contributed by atoms with van der Waals surface area (Å²) < 4.78 is 9.64. The van der Waals surface area contributed by atoms with Crippen molar-refractivity contribution in [1.82, 2.24) is 0 Å². The van der Waals surface area contributed by atoms with Crippen LogP contribution in [0.25, 0.3) is 0 Å². The molecule has 0 aliphatic rings. The Morgan fingerprint density at radius 1 is 1.80 bits per heavy atom. The second kappa shape index (κ2) is 3.39. The summed E-state index contributed by atoms with van der Waals surface area (Å²) in [6, 6.07) is 3.44. The first-order valence-electron chi connectivity index (χ1n) is 3.05. The zero-order valence-corrected chi connectivity index (χ0v) is 5.78. The minimum Gasteiger partial charge on any atom is -0.467 e. The van der Waals surface area contributed by atoms with Crippen molar-refractivity contribution < 1.29 is 14.3 Å². The van der Waals surface area contributed by atoms with E-state index in [1.54, 1.807) is 12.1 Å². The molecule has 0 saturated carbocycles. The molecule has 1 rings (SSSR count). The topological polar surface area (TPSA) is 42.6 Å². The highest BCUT2D eigenvalue weighted by Gasteiger charge is 2.08. The molecule has 3 nitrogen and oxygen atoms in total. The van der Waals surface area contributed by atoms with Gasteiger partial charge in [0.25, 0.3) is 0 Å². The smallest absolute Gasteiger partial charge is 0.135 e. The van der Waals surface area contributed by atoms with Gasteiger partial charge in [-0.05, 0) is 12.1 Å². The summed E-state index contributed by atoms with van der Waals surface area (Å²) in [6.45, 7) is 0.271. The fourth-order valence-electron chi connectivity index (χ4n) is 0.721. The predicted molar refractivity (Wildman–Crippen MR) is 35.5 cm³/mol. The molecule has 1 atom stereocenters. The summed E-state index contributed by atoms with van der Waals surface area (Å²) in [5, 5.41) is 9.19. The van der Waals surface area contributed by atoms with Gasteiger partial charge in [-0.3, -0.25) is 0 Å². The van der Waals surface area contributed by atoms with Gasteiger partial charge in [0.05, 0.1) is 12.9 Å². The molecule has 1 aromatic heterocycles. The third-order valence-electron chi connectivity index (χ3n) is 1.20. The van der Waals surface area contributed by atoms with Crippen molar-refractivity contribution in [1.29, 1.82) is 0 Å². The van der Waals surface area contributed by atoms with Crippen LogP contribution >= 0.6 is 0 Å². The van der Waals surface area contributed by atoms with Crippen LogP contribution in [0.4, 0.5) is 0 Å². The highest BCUT2D eigenvalue weighted by molar-refractivity contribution is 5.01. The molecule has 10 heavy (non-hydrogen) atoms. The second-order valence-electron chi connectivity index (χ2n) is 1.99. The van der Waals surface area contributed by atoms with E-state index in [0.29, 0.717) is 5.76 Å². The molecule has 0 saturated heterocycles. The van der Waals surface area contributed by atoms with E-state index in [1.807, 2.05) is 0 Å². The van der Waals surface area contributed by atoms with E-state index in [1.165, 1.54) is 13.4 Å². The number of hydrogen-bond acceptors (Lipinski definition) is 3. The lowest BCUT2D eigenvalue weighted by Gasteiger charge is -2.03. The normalized spacial score (nSPS) is 13.4. The van der Waals surface area contributed by atoms with Gasteiger partial charge in [0.1, 0.15) is 11.9 Å². The fourth-order valence-corrected chi connectivity index (χ4v) is 0.721. The summed E-state index contributed by atoms with van der Waals surface area (Å²) in [5.41, 5.74) is 0. The van der Waals surface area contributed by atoms with E-state index < -0.39 is 6.10 Å². The third-order valence-corrected chi connectivity index (χ3v) is 1.20. The molecule has 56 valence electrons. The van der Waals surface area contributed by atoms with Gasteiger partial charge in [-0.1, -0.05) is 0 Å². The molecule has 0 bridgehead atoms. The lowest BCUT2D eigenvalue weighted by Crippen LogP contribution is -2.03. The van der Waals surface area contributed by atoms with Crippen molar-refractivity contribution in [2.24, 2.45) is 0 Å². The number of hydrogen-bond donors (Lipinski definition) is 1. The highest BCUT2D eigenvalue weighted by Crippen LogP contribution is 2.12. The maximum Gasteiger partial charge on any atom is 0.135 e. The van der Waals surface area contributed by atoms with Crippen LogP contribution in [0, 0.1) is 0 Å². The standard InChI is InChI=1S/C7H10O3/c1-9-5-6(8)7-3-2-4-10-7/h2-4,6,8H,5H2,1H3. The first-order chi connectivity index (χ1) is 4.84. The van der Waals surface area contributed by atoms with E-state index in [2.05, 4.69) is 0 Å². The largest absolute Gasteiger partial charge is 0.467 e. The molecule has 0 aromatic carbocycles. The number of rotatable bonds is 3. The van der Waals surface area contributed by atoms with Crippen LogP contribution in [0.2, 0.25) is 0 Å². The van der Waals surface area contributed by atoms with Crippen molar-refractivity contribution in [2.75, 3.05) is 13.7 Å². The van der Waals surface area contributed by atoms with Crippen molar-refractivity contribution in [2.45, 2.75) is 6.10 Å². The molecule has 1 unspecified atom stereocenters. The second-order valence-corrected chi connectivity index (χ2v) is 1.99. The van der Waals surface area contributed by atoms with Gasteiger partial charge >= 0.3 is 0 Å². The summed E-state index contributed by atoms with van der Waals surface area (Å²) in [7, 11) is 1.53. The Balaban J connectivity index is 2.50. The number of ether oxygens (including phenoxy) is 1. The number of aliphatic hydroxyl groups is 1. The Bertz CT molecular complexity index is 169. The van der Waals surface area contributed by atoms with Gasteiger partial charge in [-0.15, -0.1) is 0 Å². The Kier molecular flexibility index (Phi) is 2.48. The van der Waals surface area contributed by atoms with Crippen molar-refractivity contribution in [3.63, 3.8) is 0 Å². The SMILES string of the molecule is COCC(O)c1ccco1. The Morgan fingerprint density at radius 3 is 3.10 bits per heavy atom. The molecule has 0 aliphatic carbocycles. The maximum atomic E-state index is 9.19. The fraction of sp³-hybridized carbons (Fsp3) is 0.429. The van der Waals surface area contributed by atoms with Gasteiger partial charge in [0, 0.05) is 7.11 Å². The van der Waals surface area contributed by atoms with Gasteiger partial charge in [0.15, 0.2) is 0 Å². The minimum absolute atomic E-state index is 0.271. The zero-order valence-electron chi connectivity index (χ0n) is 5.78. The summed E-state index contributed by atoms with van der Waals surface area (Å²) in [6.07, 6.45) is 0.883.